The number of nitrogens with one attached hydrogen (secondary N) is 2. The molecular formula is C14H15ClN4O2. The molecule has 0 aliphatic heterocycles. The summed E-state index contributed by atoms with van der Waals surface area (Å²) in [5, 5.41) is 6.32. The van der Waals surface area contributed by atoms with Gasteiger partial charge >= 0.3 is 0 Å². The molecule has 6 nitrogen and oxygen atoms in total. The van der Waals surface area contributed by atoms with Crippen molar-refractivity contribution in [2.75, 3.05) is 30.9 Å². The molecule has 1 aromatic carbocycles. The Balaban J connectivity index is 2.03. The van der Waals surface area contributed by atoms with Crippen LogP contribution in [0.5, 0.6) is 0 Å². The fourth-order valence-corrected chi connectivity index (χ4v) is 1.81. The van der Waals surface area contributed by atoms with Crippen molar-refractivity contribution in [1.29, 1.82) is 0 Å². The molecule has 21 heavy (non-hydrogen) atoms. The van der Waals surface area contributed by atoms with Crippen molar-refractivity contribution in [2.45, 2.75) is 0 Å². The van der Waals surface area contributed by atoms with Gasteiger partial charge in [0, 0.05) is 30.4 Å². The number of benzene rings is 1. The number of methoxy groups -OCH3 is 1. The summed E-state index contributed by atoms with van der Waals surface area (Å²) < 4.78 is 4.93. The Morgan fingerprint density at radius 1 is 1.33 bits per heavy atom. The van der Waals surface area contributed by atoms with Crippen LogP contribution in [-0.4, -0.2) is 36.1 Å². The van der Waals surface area contributed by atoms with Crippen LogP contribution in [0.2, 0.25) is 5.02 Å². The monoisotopic (exact) mass is 306 g/mol. The molecule has 1 aromatic heterocycles. The van der Waals surface area contributed by atoms with Gasteiger partial charge < -0.3 is 15.4 Å². The molecule has 0 atom stereocenters. The first-order valence-electron chi connectivity index (χ1n) is 6.31. The third-order valence-corrected chi connectivity index (χ3v) is 2.83. The van der Waals surface area contributed by atoms with Crippen LogP contribution in [0.25, 0.3) is 0 Å². The quantitative estimate of drug-likeness (QED) is 0.802. The van der Waals surface area contributed by atoms with E-state index in [0.29, 0.717) is 29.7 Å². The van der Waals surface area contributed by atoms with Crippen LogP contribution in [0.15, 0.2) is 36.7 Å². The van der Waals surface area contributed by atoms with Gasteiger partial charge in [0.25, 0.3) is 5.91 Å². The third-order valence-electron chi connectivity index (χ3n) is 2.59. The van der Waals surface area contributed by atoms with Gasteiger partial charge in [-0.2, -0.15) is 0 Å². The summed E-state index contributed by atoms with van der Waals surface area (Å²) in [5.41, 5.74) is 0.880. The molecule has 0 aliphatic rings. The minimum Gasteiger partial charge on any atom is -0.383 e. The normalized spacial score (nSPS) is 10.2. The van der Waals surface area contributed by atoms with Crippen LogP contribution in [0.4, 0.5) is 11.5 Å². The van der Waals surface area contributed by atoms with Crippen molar-refractivity contribution in [3.05, 3.63) is 47.4 Å². The van der Waals surface area contributed by atoms with Crippen LogP contribution in [0.1, 0.15) is 10.5 Å². The zero-order chi connectivity index (χ0) is 15.1. The molecular weight excluding hydrogens is 292 g/mol. The Labute approximate surface area is 127 Å². The Hall–Kier alpha value is -2.18. The van der Waals surface area contributed by atoms with Crippen molar-refractivity contribution >= 4 is 29.0 Å². The van der Waals surface area contributed by atoms with E-state index >= 15 is 0 Å². The number of carbonyl (C=O) groups excluding carboxylic acids is 1. The maximum absolute atomic E-state index is 12.1. The van der Waals surface area contributed by atoms with E-state index in [2.05, 4.69) is 20.6 Å². The molecule has 0 unspecified atom stereocenters. The van der Waals surface area contributed by atoms with Crippen LogP contribution in [0, 0.1) is 0 Å². The lowest BCUT2D eigenvalue weighted by Crippen LogP contribution is -2.15. The number of hydrogen-bond donors (Lipinski definition) is 2. The Morgan fingerprint density at radius 3 is 2.95 bits per heavy atom. The zero-order valence-corrected chi connectivity index (χ0v) is 12.2. The van der Waals surface area contributed by atoms with E-state index in [9.17, 15) is 4.79 Å². The molecule has 2 rings (SSSR count). The number of aromatic nitrogens is 2. The number of carbonyl (C=O) groups is 1. The van der Waals surface area contributed by atoms with E-state index in [-0.39, 0.29) is 11.6 Å². The van der Waals surface area contributed by atoms with Crippen molar-refractivity contribution < 1.29 is 9.53 Å². The van der Waals surface area contributed by atoms with Gasteiger partial charge in [0.15, 0.2) is 0 Å². The summed E-state index contributed by atoms with van der Waals surface area (Å²) in [6.45, 7) is 1.15. The Bertz CT molecular complexity index is 621. The predicted molar refractivity (Wildman–Crippen MR) is 81.8 cm³/mol. The SMILES string of the molecule is COCCNc1cc(C(=O)Nc2cccc(Cl)c2)ncn1. The standard InChI is InChI=1S/C14H15ClN4O2/c1-21-6-5-16-13-8-12(17-9-18-13)14(20)19-11-4-2-3-10(15)7-11/h2-4,7-9H,5-6H2,1H3,(H,19,20)(H,16,17,18). The Morgan fingerprint density at radius 2 is 2.19 bits per heavy atom. The molecule has 7 heteroatoms. The molecule has 0 radical (unpaired) electrons. The second-order valence-electron chi connectivity index (χ2n) is 4.17. The number of amides is 1. The minimum atomic E-state index is -0.325. The molecule has 0 spiro atoms. The van der Waals surface area contributed by atoms with Crippen LogP contribution in [0.3, 0.4) is 0 Å². The summed E-state index contributed by atoms with van der Waals surface area (Å²) in [5.74, 6) is 0.243. The maximum atomic E-state index is 12.1. The third kappa shape index (κ3) is 4.70. The van der Waals surface area contributed by atoms with E-state index in [0.717, 1.165) is 0 Å². The highest BCUT2D eigenvalue weighted by molar-refractivity contribution is 6.30. The highest BCUT2D eigenvalue weighted by atomic mass is 35.5. The zero-order valence-electron chi connectivity index (χ0n) is 11.5. The average molecular weight is 307 g/mol. The van der Waals surface area contributed by atoms with E-state index in [1.54, 1.807) is 37.4 Å². The van der Waals surface area contributed by atoms with Gasteiger partial charge in [-0.3, -0.25) is 4.79 Å². The van der Waals surface area contributed by atoms with E-state index in [4.69, 9.17) is 16.3 Å². The predicted octanol–water partition coefficient (Wildman–Crippen LogP) is 2.44. The van der Waals surface area contributed by atoms with Gasteiger partial charge in [0.2, 0.25) is 0 Å². The van der Waals surface area contributed by atoms with Gasteiger partial charge in [0.05, 0.1) is 6.61 Å². The molecule has 2 N–H and O–H groups in total. The molecule has 110 valence electrons. The summed E-state index contributed by atoms with van der Waals surface area (Å²) in [6, 6.07) is 8.49. The average Bonchev–Trinajstić information content (AvgIpc) is 2.48. The lowest BCUT2D eigenvalue weighted by atomic mass is 10.3. The minimum absolute atomic E-state index is 0.268. The lowest BCUT2D eigenvalue weighted by Gasteiger charge is -2.07. The van der Waals surface area contributed by atoms with Gasteiger partial charge in [-0.25, -0.2) is 9.97 Å². The largest absolute Gasteiger partial charge is 0.383 e. The van der Waals surface area contributed by atoms with Gasteiger partial charge in [0.1, 0.15) is 17.8 Å². The van der Waals surface area contributed by atoms with Gasteiger partial charge in [-0.05, 0) is 18.2 Å². The number of anilines is 2. The lowest BCUT2D eigenvalue weighted by molar-refractivity contribution is 0.102. The second-order valence-corrected chi connectivity index (χ2v) is 4.61. The van der Waals surface area contributed by atoms with Crippen LogP contribution in [-0.2, 0) is 4.74 Å². The number of halogens is 1. The fraction of sp³-hybridized carbons (Fsp3) is 0.214. The summed E-state index contributed by atoms with van der Waals surface area (Å²) in [4.78, 5) is 20.1. The topological polar surface area (TPSA) is 76.1 Å². The molecule has 2 aromatic rings. The maximum Gasteiger partial charge on any atom is 0.274 e. The fourth-order valence-electron chi connectivity index (χ4n) is 1.62. The number of ether oxygens (including phenoxy) is 1. The smallest absolute Gasteiger partial charge is 0.274 e. The highest BCUT2D eigenvalue weighted by Gasteiger charge is 2.09. The van der Waals surface area contributed by atoms with Crippen LogP contribution >= 0.6 is 11.6 Å². The highest BCUT2D eigenvalue weighted by Crippen LogP contribution is 2.15. The first kappa shape index (κ1) is 15.2. The summed E-state index contributed by atoms with van der Waals surface area (Å²) in [7, 11) is 1.62. The molecule has 0 fully saturated rings. The number of hydrogen-bond acceptors (Lipinski definition) is 5. The summed E-state index contributed by atoms with van der Waals surface area (Å²) in [6.07, 6.45) is 1.34. The molecule has 0 aliphatic carbocycles. The first-order chi connectivity index (χ1) is 10.2. The van der Waals surface area contributed by atoms with E-state index in [1.165, 1.54) is 6.33 Å². The molecule has 0 bridgehead atoms. The van der Waals surface area contributed by atoms with Crippen molar-refractivity contribution in [1.82, 2.24) is 9.97 Å². The van der Waals surface area contributed by atoms with Crippen molar-refractivity contribution in [2.24, 2.45) is 0 Å². The van der Waals surface area contributed by atoms with Crippen molar-refractivity contribution in [3.63, 3.8) is 0 Å². The van der Waals surface area contributed by atoms with E-state index in [1.807, 2.05) is 0 Å². The number of nitrogens with zero attached hydrogens (tertiary/aromatic N) is 2. The summed E-state index contributed by atoms with van der Waals surface area (Å²) >= 11 is 5.87. The Kier molecular flexibility index (Phi) is 5.48. The second kappa shape index (κ2) is 7.56. The molecule has 1 amide bonds. The van der Waals surface area contributed by atoms with Gasteiger partial charge in [-0.1, -0.05) is 17.7 Å². The number of rotatable bonds is 6. The first-order valence-corrected chi connectivity index (χ1v) is 6.68. The van der Waals surface area contributed by atoms with Crippen LogP contribution < -0.4 is 10.6 Å². The van der Waals surface area contributed by atoms with E-state index < -0.39 is 0 Å². The molecule has 0 saturated carbocycles. The van der Waals surface area contributed by atoms with Gasteiger partial charge in [-0.15, -0.1) is 0 Å². The molecule has 0 saturated heterocycles. The molecule has 1 heterocycles. The van der Waals surface area contributed by atoms with Crippen molar-refractivity contribution in [3.8, 4) is 0 Å².